The topological polar surface area (TPSA) is 55.1 Å². The van der Waals surface area contributed by atoms with Crippen molar-refractivity contribution in [2.45, 2.75) is 44.2 Å². The van der Waals surface area contributed by atoms with Crippen LogP contribution in [0, 0.1) is 5.41 Å². The highest BCUT2D eigenvalue weighted by molar-refractivity contribution is 7.99. The van der Waals surface area contributed by atoms with Gasteiger partial charge in [0.2, 0.25) is 5.91 Å². The maximum Gasteiger partial charge on any atom is 0.237 e. The highest BCUT2D eigenvalue weighted by Crippen LogP contribution is 2.36. The van der Waals surface area contributed by atoms with Gasteiger partial charge in [0.15, 0.2) is 0 Å². The van der Waals surface area contributed by atoms with Crippen LogP contribution in [0.1, 0.15) is 38.8 Å². The summed E-state index contributed by atoms with van der Waals surface area (Å²) in [4.78, 5) is 13.5. The van der Waals surface area contributed by atoms with Crippen LogP contribution in [0.25, 0.3) is 0 Å². The number of rotatable bonds is 2. The number of nitrogens with one attached hydrogen (secondary N) is 1. The molecule has 1 aliphatic rings. The minimum atomic E-state index is -0.478. The van der Waals surface area contributed by atoms with Crippen LogP contribution >= 0.6 is 11.8 Å². The molecule has 0 saturated heterocycles. The Labute approximate surface area is 119 Å². The van der Waals surface area contributed by atoms with E-state index in [9.17, 15) is 4.79 Å². The number of thioether (sulfide) groups is 1. The molecule has 3 N–H and O–H groups in total. The van der Waals surface area contributed by atoms with Crippen molar-refractivity contribution >= 4 is 17.7 Å². The summed E-state index contributed by atoms with van der Waals surface area (Å²) in [5.41, 5.74) is 7.01. The zero-order valence-electron chi connectivity index (χ0n) is 11.8. The summed E-state index contributed by atoms with van der Waals surface area (Å²) in [5.74, 6) is 0.978. The molecule has 3 nitrogen and oxygen atoms in total. The second-order valence-electron chi connectivity index (χ2n) is 6.08. The maximum absolute atomic E-state index is 12.2. The van der Waals surface area contributed by atoms with Gasteiger partial charge in [-0.2, -0.15) is 0 Å². The van der Waals surface area contributed by atoms with Crippen molar-refractivity contribution in [3.8, 4) is 0 Å². The quantitative estimate of drug-likeness (QED) is 0.874. The summed E-state index contributed by atoms with van der Waals surface area (Å²) in [7, 11) is 0. The third kappa shape index (κ3) is 3.31. The fraction of sp³-hybridized carbons (Fsp3) is 0.533. The zero-order valence-corrected chi connectivity index (χ0v) is 12.6. The predicted molar refractivity (Wildman–Crippen MR) is 80.1 cm³/mol. The van der Waals surface area contributed by atoms with Crippen LogP contribution in [0.5, 0.6) is 0 Å². The van der Waals surface area contributed by atoms with Gasteiger partial charge in [-0.25, -0.2) is 0 Å². The summed E-state index contributed by atoms with van der Waals surface area (Å²) >= 11 is 1.85. The SMILES string of the molecule is CC(C)(C)[C@@H](N)C(=O)NC1CCSc2ccccc21. The summed E-state index contributed by atoms with van der Waals surface area (Å²) < 4.78 is 0. The number of carbonyl (C=O) groups excluding carboxylic acids is 1. The second-order valence-corrected chi connectivity index (χ2v) is 7.22. The average molecular weight is 278 g/mol. The molecule has 0 saturated carbocycles. The first-order valence-corrected chi connectivity index (χ1v) is 7.66. The molecule has 1 aliphatic heterocycles. The molecular formula is C15H22N2OS. The highest BCUT2D eigenvalue weighted by Gasteiger charge is 2.30. The first kappa shape index (κ1) is 14.4. The molecule has 19 heavy (non-hydrogen) atoms. The maximum atomic E-state index is 12.2. The fourth-order valence-corrected chi connectivity index (χ4v) is 3.27. The lowest BCUT2D eigenvalue weighted by atomic mass is 9.86. The van der Waals surface area contributed by atoms with Crippen molar-refractivity contribution in [2.75, 3.05) is 5.75 Å². The molecule has 0 aromatic heterocycles. The second kappa shape index (κ2) is 5.55. The van der Waals surface area contributed by atoms with Gasteiger partial charge in [-0.3, -0.25) is 4.79 Å². The average Bonchev–Trinajstić information content (AvgIpc) is 2.37. The number of hydrogen-bond acceptors (Lipinski definition) is 3. The molecule has 1 unspecified atom stereocenters. The molecule has 1 heterocycles. The molecule has 1 aromatic rings. The van der Waals surface area contributed by atoms with E-state index in [1.807, 2.05) is 44.7 Å². The Hall–Kier alpha value is -1.00. The van der Waals surface area contributed by atoms with Gasteiger partial charge >= 0.3 is 0 Å². The van der Waals surface area contributed by atoms with Gasteiger partial charge in [0, 0.05) is 10.6 Å². The first-order chi connectivity index (χ1) is 8.89. The minimum Gasteiger partial charge on any atom is -0.348 e. The third-order valence-electron chi connectivity index (χ3n) is 3.49. The van der Waals surface area contributed by atoms with E-state index in [2.05, 4.69) is 17.4 Å². The molecule has 0 aliphatic carbocycles. The van der Waals surface area contributed by atoms with Gasteiger partial charge in [0.25, 0.3) is 0 Å². The van der Waals surface area contributed by atoms with Crippen molar-refractivity contribution < 1.29 is 4.79 Å². The van der Waals surface area contributed by atoms with Crippen LogP contribution in [0.3, 0.4) is 0 Å². The lowest BCUT2D eigenvalue weighted by Gasteiger charge is -2.30. The van der Waals surface area contributed by atoms with Crippen molar-refractivity contribution in [3.63, 3.8) is 0 Å². The van der Waals surface area contributed by atoms with Gasteiger partial charge < -0.3 is 11.1 Å². The Bertz CT molecular complexity index is 467. The van der Waals surface area contributed by atoms with Crippen molar-refractivity contribution in [3.05, 3.63) is 29.8 Å². The smallest absolute Gasteiger partial charge is 0.237 e. The van der Waals surface area contributed by atoms with Crippen molar-refractivity contribution in [1.29, 1.82) is 0 Å². The van der Waals surface area contributed by atoms with E-state index >= 15 is 0 Å². The van der Waals surface area contributed by atoms with Crippen LogP contribution in [-0.2, 0) is 4.79 Å². The van der Waals surface area contributed by atoms with E-state index in [-0.39, 0.29) is 17.4 Å². The number of carbonyl (C=O) groups is 1. The van der Waals surface area contributed by atoms with E-state index in [0.29, 0.717) is 0 Å². The summed E-state index contributed by atoms with van der Waals surface area (Å²) in [6.07, 6.45) is 0.963. The number of fused-ring (bicyclic) bond motifs is 1. The number of benzene rings is 1. The zero-order chi connectivity index (χ0) is 14.0. The van der Waals surface area contributed by atoms with E-state index in [0.717, 1.165) is 12.2 Å². The van der Waals surface area contributed by atoms with E-state index in [1.165, 1.54) is 10.5 Å². The van der Waals surface area contributed by atoms with Crippen LogP contribution in [0.4, 0.5) is 0 Å². The van der Waals surface area contributed by atoms with Crippen LogP contribution in [-0.4, -0.2) is 17.7 Å². The molecule has 104 valence electrons. The number of nitrogens with two attached hydrogens (primary N) is 1. The summed E-state index contributed by atoms with van der Waals surface area (Å²) in [5, 5.41) is 3.10. The van der Waals surface area contributed by atoms with E-state index in [4.69, 9.17) is 5.73 Å². The molecule has 2 rings (SSSR count). The Morgan fingerprint density at radius 3 is 2.79 bits per heavy atom. The molecule has 0 fully saturated rings. The van der Waals surface area contributed by atoms with Crippen LogP contribution < -0.4 is 11.1 Å². The molecule has 0 bridgehead atoms. The normalized spacial score (nSPS) is 20.5. The monoisotopic (exact) mass is 278 g/mol. The molecule has 2 atom stereocenters. The number of hydrogen-bond donors (Lipinski definition) is 2. The van der Waals surface area contributed by atoms with Gasteiger partial charge in [-0.05, 0) is 23.5 Å². The Balaban J connectivity index is 2.11. The summed E-state index contributed by atoms with van der Waals surface area (Å²) in [6.45, 7) is 5.96. The minimum absolute atomic E-state index is 0.0563. The third-order valence-corrected chi connectivity index (χ3v) is 4.61. The molecule has 1 aromatic carbocycles. The number of amides is 1. The van der Waals surface area contributed by atoms with Crippen molar-refractivity contribution in [1.82, 2.24) is 5.32 Å². The Morgan fingerprint density at radius 1 is 1.42 bits per heavy atom. The van der Waals surface area contributed by atoms with Crippen molar-refractivity contribution in [2.24, 2.45) is 11.1 Å². The molecule has 0 spiro atoms. The van der Waals surface area contributed by atoms with Gasteiger partial charge in [-0.15, -0.1) is 11.8 Å². The van der Waals surface area contributed by atoms with Gasteiger partial charge in [0.1, 0.15) is 0 Å². The van der Waals surface area contributed by atoms with E-state index < -0.39 is 6.04 Å². The predicted octanol–water partition coefficient (Wildman–Crippen LogP) is 2.71. The molecule has 1 amide bonds. The van der Waals surface area contributed by atoms with E-state index in [1.54, 1.807) is 0 Å². The molecule has 4 heteroatoms. The lowest BCUT2D eigenvalue weighted by Crippen LogP contribution is -2.49. The van der Waals surface area contributed by atoms with Gasteiger partial charge in [-0.1, -0.05) is 39.0 Å². The fourth-order valence-electron chi connectivity index (χ4n) is 2.15. The lowest BCUT2D eigenvalue weighted by molar-refractivity contribution is -0.125. The standard InChI is InChI=1S/C15H22N2OS/c1-15(2,3)13(16)14(18)17-11-8-9-19-12-7-5-4-6-10(11)12/h4-7,11,13H,8-9,16H2,1-3H3,(H,17,18)/t11?,13-/m0/s1. The van der Waals surface area contributed by atoms with Crippen LogP contribution in [0.2, 0.25) is 0 Å². The Morgan fingerprint density at radius 2 is 2.11 bits per heavy atom. The molecular weight excluding hydrogens is 256 g/mol. The summed E-state index contributed by atoms with van der Waals surface area (Å²) in [6, 6.07) is 7.88. The highest BCUT2D eigenvalue weighted by atomic mass is 32.2. The Kier molecular flexibility index (Phi) is 4.21. The largest absolute Gasteiger partial charge is 0.348 e. The van der Waals surface area contributed by atoms with Gasteiger partial charge in [0.05, 0.1) is 12.1 Å². The molecule has 0 radical (unpaired) electrons. The first-order valence-electron chi connectivity index (χ1n) is 6.67. The van der Waals surface area contributed by atoms with Crippen LogP contribution in [0.15, 0.2) is 29.2 Å².